The lowest BCUT2D eigenvalue weighted by Crippen LogP contribution is -1.89. The maximum Gasteiger partial charge on any atom is 0.119 e. The van der Waals surface area contributed by atoms with E-state index in [1.807, 2.05) is 31.2 Å². The molecule has 0 radical (unpaired) electrons. The van der Waals surface area contributed by atoms with Crippen molar-refractivity contribution < 1.29 is 4.74 Å². The van der Waals surface area contributed by atoms with E-state index in [2.05, 4.69) is 24.1 Å². The van der Waals surface area contributed by atoms with Crippen LogP contribution in [0, 0.1) is 0 Å². The molecule has 0 saturated heterocycles. The first-order chi connectivity index (χ1) is 6.27. The number of thiol groups is 1. The average Bonchev–Trinajstić information content (AvgIpc) is 2.18. The van der Waals surface area contributed by atoms with Crippen LogP contribution in [0.3, 0.4) is 0 Å². The maximum atomic E-state index is 5.27. The Morgan fingerprint density at radius 2 is 2.08 bits per heavy atom. The molecule has 0 fully saturated rings. The third-order valence-electron chi connectivity index (χ3n) is 1.65. The van der Waals surface area contributed by atoms with Gasteiger partial charge in [0.25, 0.3) is 0 Å². The lowest BCUT2D eigenvalue weighted by atomic mass is 10.2. The molecule has 2 nitrogen and oxygen atoms in total. The van der Waals surface area contributed by atoms with Gasteiger partial charge in [0, 0.05) is 11.3 Å². The van der Waals surface area contributed by atoms with Crippen LogP contribution >= 0.6 is 12.8 Å². The fraction of sp³-hybridized carbons (Fsp3) is 0.200. The minimum Gasteiger partial charge on any atom is -0.494 e. The molecule has 0 aliphatic rings. The van der Waals surface area contributed by atoms with Crippen molar-refractivity contribution in [2.75, 3.05) is 11.3 Å². The van der Waals surface area contributed by atoms with Gasteiger partial charge in [-0.25, -0.2) is 0 Å². The predicted octanol–water partition coefficient (Wildman–Crippen LogP) is 2.95. The van der Waals surface area contributed by atoms with Crippen LogP contribution in [0.15, 0.2) is 30.8 Å². The first-order valence-electron chi connectivity index (χ1n) is 4.10. The summed E-state index contributed by atoms with van der Waals surface area (Å²) in [5.74, 6) is 0.702. The van der Waals surface area contributed by atoms with Gasteiger partial charge < -0.3 is 9.46 Å². The van der Waals surface area contributed by atoms with Gasteiger partial charge in [0.1, 0.15) is 5.76 Å². The van der Waals surface area contributed by atoms with Crippen LogP contribution in [0.25, 0.3) is 5.76 Å². The quantitative estimate of drug-likeness (QED) is 0.569. The molecule has 1 aromatic carbocycles. The van der Waals surface area contributed by atoms with E-state index in [1.165, 1.54) is 0 Å². The molecule has 0 aliphatic heterocycles. The van der Waals surface area contributed by atoms with Gasteiger partial charge in [0.15, 0.2) is 0 Å². The van der Waals surface area contributed by atoms with E-state index in [1.54, 1.807) is 0 Å². The van der Waals surface area contributed by atoms with Crippen LogP contribution in [0.2, 0.25) is 0 Å². The van der Waals surface area contributed by atoms with Crippen LogP contribution in [-0.2, 0) is 4.74 Å². The molecule has 0 atom stereocenters. The summed E-state index contributed by atoms with van der Waals surface area (Å²) in [5.41, 5.74) is 1.95. The SMILES string of the molecule is C=C(OCC)c1ccc(NS)cc1. The highest BCUT2D eigenvalue weighted by molar-refractivity contribution is 7.81. The van der Waals surface area contributed by atoms with Crippen LogP contribution in [0.5, 0.6) is 0 Å². The minimum atomic E-state index is 0.644. The number of anilines is 1. The molecule has 0 spiro atoms. The molecular weight excluding hydrogens is 182 g/mol. The van der Waals surface area contributed by atoms with Crippen LogP contribution in [0.4, 0.5) is 5.69 Å². The zero-order valence-electron chi connectivity index (χ0n) is 7.58. The van der Waals surface area contributed by atoms with Crippen LogP contribution in [-0.4, -0.2) is 6.61 Å². The monoisotopic (exact) mass is 195 g/mol. The van der Waals surface area contributed by atoms with E-state index in [4.69, 9.17) is 4.74 Å². The van der Waals surface area contributed by atoms with Gasteiger partial charge in [-0.05, 0) is 31.2 Å². The largest absolute Gasteiger partial charge is 0.494 e. The van der Waals surface area contributed by atoms with Crippen molar-refractivity contribution in [1.82, 2.24) is 0 Å². The van der Waals surface area contributed by atoms with Crippen molar-refractivity contribution in [3.8, 4) is 0 Å². The zero-order valence-corrected chi connectivity index (χ0v) is 8.47. The van der Waals surface area contributed by atoms with Crippen molar-refractivity contribution in [2.24, 2.45) is 0 Å². The predicted molar refractivity (Wildman–Crippen MR) is 59.7 cm³/mol. The van der Waals surface area contributed by atoms with Crippen molar-refractivity contribution in [3.63, 3.8) is 0 Å². The van der Waals surface area contributed by atoms with E-state index < -0.39 is 0 Å². The number of hydrogen-bond donors (Lipinski definition) is 2. The summed E-state index contributed by atoms with van der Waals surface area (Å²) in [5, 5.41) is 0. The lowest BCUT2D eigenvalue weighted by Gasteiger charge is -2.07. The van der Waals surface area contributed by atoms with Gasteiger partial charge in [0.05, 0.1) is 6.61 Å². The Balaban J connectivity index is 2.74. The van der Waals surface area contributed by atoms with Gasteiger partial charge in [-0.3, -0.25) is 0 Å². The molecule has 0 amide bonds. The molecule has 0 heterocycles. The summed E-state index contributed by atoms with van der Waals surface area (Å²) in [6.07, 6.45) is 0. The van der Waals surface area contributed by atoms with E-state index in [-0.39, 0.29) is 0 Å². The summed E-state index contributed by atoms with van der Waals surface area (Å²) < 4.78 is 8.02. The third-order valence-corrected chi connectivity index (χ3v) is 1.91. The second kappa shape index (κ2) is 4.82. The Bertz CT molecular complexity index is 281. The molecule has 0 bridgehead atoms. The molecule has 3 heteroatoms. The van der Waals surface area contributed by atoms with Gasteiger partial charge in [-0.2, -0.15) is 0 Å². The van der Waals surface area contributed by atoms with E-state index in [9.17, 15) is 0 Å². The minimum absolute atomic E-state index is 0.644. The van der Waals surface area contributed by atoms with Gasteiger partial charge in [0.2, 0.25) is 0 Å². The number of rotatable bonds is 4. The molecule has 0 saturated carbocycles. The average molecular weight is 195 g/mol. The topological polar surface area (TPSA) is 21.3 Å². The van der Waals surface area contributed by atoms with Crippen molar-refractivity contribution in [3.05, 3.63) is 36.4 Å². The number of ether oxygens (including phenoxy) is 1. The molecule has 0 aliphatic carbocycles. The van der Waals surface area contributed by atoms with Gasteiger partial charge >= 0.3 is 0 Å². The molecule has 1 N–H and O–H groups in total. The Morgan fingerprint density at radius 3 is 2.54 bits per heavy atom. The Kier molecular flexibility index (Phi) is 3.71. The Morgan fingerprint density at radius 1 is 1.46 bits per heavy atom. The lowest BCUT2D eigenvalue weighted by molar-refractivity contribution is 0.299. The first-order valence-corrected chi connectivity index (χ1v) is 4.55. The molecule has 13 heavy (non-hydrogen) atoms. The second-order valence-corrected chi connectivity index (χ2v) is 2.77. The molecule has 70 valence electrons. The fourth-order valence-electron chi connectivity index (χ4n) is 0.988. The van der Waals surface area contributed by atoms with Crippen LogP contribution < -0.4 is 4.72 Å². The van der Waals surface area contributed by atoms with E-state index in [0.29, 0.717) is 12.4 Å². The Hall–Kier alpha value is -1.09. The zero-order chi connectivity index (χ0) is 9.68. The third kappa shape index (κ3) is 2.70. The number of hydrogen-bond acceptors (Lipinski definition) is 3. The number of benzene rings is 1. The highest BCUT2D eigenvalue weighted by atomic mass is 32.1. The summed E-state index contributed by atoms with van der Waals surface area (Å²) in [4.78, 5) is 0. The first kappa shape index (κ1) is 9.99. The highest BCUT2D eigenvalue weighted by Gasteiger charge is 1.97. The molecular formula is C10H13NOS. The molecule has 1 aromatic rings. The molecule has 1 rings (SSSR count). The normalized spacial score (nSPS) is 9.38. The van der Waals surface area contributed by atoms with Gasteiger partial charge in [-0.15, -0.1) is 0 Å². The summed E-state index contributed by atoms with van der Waals surface area (Å²) >= 11 is 3.93. The smallest absolute Gasteiger partial charge is 0.119 e. The molecule has 0 unspecified atom stereocenters. The van der Waals surface area contributed by atoms with Crippen LogP contribution in [0.1, 0.15) is 12.5 Å². The summed E-state index contributed by atoms with van der Waals surface area (Å²) in [7, 11) is 0. The number of nitrogens with one attached hydrogen (secondary N) is 1. The standard InChI is InChI=1S/C10H13NOS/c1-3-12-8(2)9-4-6-10(11-13)7-5-9/h4-7,11,13H,2-3H2,1H3. The Labute approximate surface area is 84.2 Å². The van der Waals surface area contributed by atoms with Crippen molar-refractivity contribution in [1.29, 1.82) is 0 Å². The highest BCUT2D eigenvalue weighted by Crippen LogP contribution is 2.16. The van der Waals surface area contributed by atoms with E-state index in [0.717, 1.165) is 11.3 Å². The van der Waals surface area contributed by atoms with E-state index >= 15 is 0 Å². The summed E-state index contributed by atoms with van der Waals surface area (Å²) in [6, 6.07) is 7.73. The van der Waals surface area contributed by atoms with Crippen molar-refractivity contribution in [2.45, 2.75) is 6.92 Å². The fourth-order valence-corrected chi connectivity index (χ4v) is 1.14. The molecule has 0 aromatic heterocycles. The summed E-state index contributed by atoms with van der Waals surface area (Å²) in [6.45, 7) is 6.39. The maximum absolute atomic E-state index is 5.27. The van der Waals surface area contributed by atoms with Gasteiger partial charge in [-0.1, -0.05) is 19.4 Å². The second-order valence-electron chi connectivity index (χ2n) is 2.55. The van der Waals surface area contributed by atoms with Crippen molar-refractivity contribution >= 4 is 24.3 Å².